The second kappa shape index (κ2) is 13.3. The average molecular weight is 593 g/mol. The van der Waals surface area contributed by atoms with E-state index in [-0.39, 0.29) is 29.0 Å². The molecule has 0 bridgehead atoms. The highest BCUT2D eigenvalue weighted by Crippen LogP contribution is 2.43. The summed E-state index contributed by atoms with van der Waals surface area (Å²) in [6.45, 7) is -0.266. The molecule has 1 aliphatic heterocycles. The minimum atomic E-state index is -3.68. The first-order chi connectivity index (χ1) is 19.5. The van der Waals surface area contributed by atoms with Crippen LogP contribution in [0.2, 0.25) is 5.02 Å². The van der Waals surface area contributed by atoms with Gasteiger partial charge in [0.25, 0.3) is 5.91 Å². The van der Waals surface area contributed by atoms with Crippen molar-refractivity contribution in [1.29, 1.82) is 0 Å². The van der Waals surface area contributed by atoms with Crippen molar-refractivity contribution < 1.29 is 37.8 Å². The van der Waals surface area contributed by atoms with Crippen molar-refractivity contribution in [3.8, 4) is 0 Å². The normalized spacial score (nSPS) is 18.9. The van der Waals surface area contributed by atoms with Crippen molar-refractivity contribution in [1.82, 2.24) is 21.3 Å². The quantitative estimate of drug-likeness (QED) is 0.256. The van der Waals surface area contributed by atoms with Crippen LogP contribution in [0.4, 0.5) is 13.6 Å². The van der Waals surface area contributed by atoms with Gasteiger partial charge in [0.1, 0.15) is 6.54 Å². The number of benzene rings is 2. The van der Waals surface area contributed by atoms with E-state index in [0.717, 1.165) is 25.0 Å². The SMILES string of the molecule is O=C(CNC(=O)OC(c1ccccc1)C(F)(F)c1cccc(Cl)c1)NC(CC1CCNC1=O)C(O)C(=O)NC1CC1. The van der Waals surface area contributed by atoms with Gasteiger partial charge < -0.3 is 31.1 Å². The summed E-state index contributed by atoms with van der Waals surface area (Å²) in [6.07, 6.45) is -2.96. The number of hydrogen-bond acceptors (Lipinski definition) is 6. The van der Waals surface area contributed by atoms with E-state index >= 15 is 8.78 Å². The Morgan fingerprint density at radius 2 is 1.83 bits per heavy atom. The zero-order chi connectivity index (χ0) is 29.6. The summed E-state index contributed by atoms with van der Waals surface area (Å²) in [7, 11) is 0. The van der Waals surface area contributed by atoms with Crippen molar-refractivity contribution in [2.24, 2.45) is 5.92 Å². The highest BCUT2D eigenvalue weighted by Gasteiger charge is 2.45. The van der Waals surface area contributed by atoms with Crippen LogP contribution in [0.3, 0.4) is 0 Å². The fraction of sp³-hybridized carbons (Fsp3) is 0.429. The van der Waals surface area contributed by atoms with Gasteiger partial charge >= 0.3 is 12.0 Å². The van der Waals surface area contributed by atoms with Crippen molar-refractivity contribution in [2.45, 2.75) is 55.9 Å². The standard InChI is InChI=1S/C28H31ClF2N4O6/c29-19-8-4-7-18(14-19)28(30,31)24(16-5-2-1-3-6-16)41-27(40)33-15-22(36)35-21(13-17-11-12-32-25(17)38)23(37)26(39)34-20-9-10-20/h1-8,14,17,20-21,23-24,37H,9-13,15H2,(H,32,38)(H,33,40)(H,34,39)(H,35,36). The molecule has 0 spiro atoms. The molecule has 10 nitrogen and oxygen atoms in total. The number of rotatable bonds is 12. The molecule has 0 aromatic heterocycles. The van der Waals surface area contributed by atoms with Crippen LogP contribution >= 0.6 is 11.6 Å². The maximum atomic E-state index is 15.6. The number of amides is 4. The number of aliphatic hydroxyl groups excluding tert-OH is 1. The number of ether oxygens (including phenoxy) is 1. The van der Waals surface area contributed by atoms with E-state index in [0.29, 0.717) is 13.0 Å². The zero-order valence-corrected chi connectivity index (χ0v) is 22.7. The molecule has 2 aromatic carbocycles. The molecular formula is C28H31ClF2N4O6. The number of nitrogens with one attached hydrogen (secondary N) is 4. The Kier molecular flexibility index (Phi) is 9.77. The summed E-state index contributed by atoms with van der Waals surface area (Å²) < 4.78 is 36.2. The molecule has 2 fully saturated rings. The van der Waals surface area contributed by atoms with E-state index in [1.54, 1.807) is 6.07 Å². The molecule has 220 valence electrons. The molecule has 13 heteroatoms. The summed E-state index contributed by atoms with van der Waals surface area (Å²) in [5.41, 5.74) is -0.460. The summed E-state index contributed by atoms with van der Waals surface area (Å²) in [4.78, 5) is 49.8. The van der Waals surface area contributed by atoms with E-state index in [9.17, 15) is 24.3 Å². The molecule has 0 radical (unpaired) electrons. The molecular weight excluding hydrogens is 562 g/mol. The van der Waals surface area contributed by atoms with Crippen molar-refractivity contribution >= 4 is 35.4 Å². The number of carbonyl (C=O) groups is 4. The Bertz CT molecular complexity index is 1260. The van der Waals surface area contributed by atoms with Crippen LogP contribution in [0.15, 0.2) is 54.6 Å². The zero-order valence-electron chi connectivity index (χ0n) is 21.9. The van der Waals surface area contributed by atoms with Crippen LogP contribution in [0.5, 0.6) is 0 Å². The molecule has 1 saturated carbocycles. The minimum Gasteiger partial charge on any atom is -0.434 e. The van der Waals surface area contributed by atoms with Crippen molar-refractivity contribution in [3.05, 3.63) is 70.7 Å². The van der Waals surface area contributed by atoms with Gasteiger partial charge in [-0.05, 0) is 43.4 Å². The average Bonchev–Trinajstić information content (AvgIpc) is 3.68. The van der Waals surface area contributed by atoms with Crippen LogP contribution in [0, 0.1) is 5.92 Å². The Hall–Kier alpha value is -3.77. The fourth-order valence-corrected chi connectivity index (χ4v) is 4.72. The van der Waals surface area contributed by atoms with E-state index < -0.39 is 60.1 Å². The Morgan fingerprint density at radius 1 is 1.10 bits per heavy atom. The topological polar surface area (TPSA) is 146 Å². The molecule has 1 aliphatic carbocycles. The van der Waals surface area contributed by atoms with Crippen LogP contribution in [-0.2, 0) is 25.0 Å². The summed E-state index contributed by atoms with van der Waals surface area (Å²) in [6, 6.07) is 11.2. The molecule has 4 unspecified atom stereocenters. The third-order valence-electron chi connectivity index (χ3n) is 6.88. The Labute approximate surface area is 240 Å². The second-order valence-corrected chi connectivity index (χ2v) is 10.5. The summed E-state index contributed by atoms with van der Waals surface area (Å²) >= 11 is 5.90. The molecule has 1 saturated heterocycles. The van der Waals surface area contributed by atoms with Gasteiger partial charge in [-0.1, -0.05) is 54.1 Å². The van der Waals surface area contributed by atoms with Gasteiger partial charge in [0, 0.05) is 29.1 Å². The number of carbonyl (C=O) groups excluding carboxylic acids is 4. The first kappa shape index (κ1) is 30.2. The maximum absolute atomic E-state index is 15.6. The van der Waals surface area contributed by atoms with Crippen LogP contribution in [0.25, 0.3) is 0 Å². The molecule has 2 aromatic rings. The largest absolute Gasteiger partial charge is 0.434 e. The summed E-state index contributed by atoms with van der Waals surface area (Å²) in [5, 5.41) is 20.6. The maximum Gasteiger partial charge on any atom is 0.408 e. The number of aliphatic hydroxyl groups is 1. The lowest BCUT2D eigenvalue weighted by Crippen LogP contribution is -2.53. The Balaban J connectivity index is 1.40. The highest BCUT2D eigenvalue weighted by atomic mass is 35.5. The van der Waals surface area contributed by atoms with Gasteiger partial charge in [-0.25, -0.2) is 4.79 Å². The summed E-state index contributed by atoms with van der Waals surface area (Å²) in [5.74, 6) is -5.97. The van der Waals surface area contributed by atoms with Crippen LogP contribution < -0.4 is 21.3 Å². The molecule has 4 rings (SSSR count). The minimum absolute atomic E-state index is 0.0107. The van der Waals surface area contributed by atoms with E-state index in [2.05, 4.69) is 21.3 Å². The predicted molar refractivity (Wildman–Crippen MR) is 144 cm³/mol. The van der Waals surface area contributed by atoms with Gasteiger partial charge in [0.2, 0.25) is 11.8 Å². The molecule has 1 heterocycles. The number of alkyl carbamates (subject to hydrolysis) is 1. The van der Waals surface area contributed by atoms with Gasteiger partial charge in [-0.15, -0.1) is 0 Å². The first-order valence-corrected chi connectivity index (χ1v) is 13.6. The highest BCUT2D eigenvalue weighted by molar-refractivity contribution is 6.30. The van der Waals surface area contributed by atoms with Gasteiger partial charge in [0.05, 0.1) is 6.04 Å². The lowest BCUT2D eigenvalue weighted by atomic mass is 9.94. The van der Waals surface area contributed by atoms with Crippen molar-refractivity contribution in [2.75, 3.05) is 13.1 Å². The van der Waals surface area contributed by atoms with Crippen LogP contribution in [0.1, 0.15) is 42.9 Å². The third kappa shape index (κ3) is 8.14. The van der Waals surface area contributed by atoms with Gasteiger partial charge in [-0.3, -0.25) is 14.4 Å². The van der Waals surface area contributed by atoms with Gasteiger partial charge in [-0.2, -0.15) is 8.78 Å². The number of halogens is 3. The molecule has 41 heavy (non-hydrogen) atoms. The lowest BCUT2D eigenvalue weighted by Gasteiger charge is -2.28. The van der Waals surface area contributed by atoms with Crippen molar-refractivity contribution in [3.63, 3.8) is 0 Å². The predicted octanol–water partition coefficient (Wildman–Crippen LogP) is 2.55. The number of hydrogen-bond donors (Lipinski definition) is 5. The van der Waals surface area contributed by atoms with E-state index in [4.69, 9.17) is 16.3 Å². The second-order valence-electron chi connectivity index (χ2n) is 10.1. The lowest BCUT2D eigenvalue weighted by molar-refractivity contribution is -0.133. The smallest absolute Gasteiger partial charge is 0.408 e. The first-order valence-electron chi connectivity index (χ1n) is 13.2. The molecule has 4 atom stereocenters. The third-order valence-corrected chi connectivity index (χ3v) is 7.12. The van der Waals surface area contributed by atoms with E-state index in [1.807, 2.05) is 0 Å². The number of alkyl halides is 2. The monoisotopic (exact) mass is 592 g/mol. The fourth-order valence-electron chi connectivity index (χ4n) is 4.53. The molecule has 4 amide bonds. The van der Waals surface area contributed by atoms with Gasteiger partial charge in [0.15, 0.2) is 12.2 Å². The van der Waals surface area contributed by atoms with Crippen LogP contribution in [-0.4, -0.2) is 60.2 Å². The Morgan fingerprint density at radius 3 is 2.46 bits per heavy atom. The molecule has 5 N–H and O–H groups in total. The van der Waals surface area contributed by atoms with E-state index in [1.165, 1.54) is 36.4 Å². The molecule has 2 aliphatic rings.